The van der Waals surface area contributed by atoms with Crippen LogP contribution >= 0.6 is 0 Å². The second-order valence-corrected chi connectivity index (χ2v) is 11.6. The average molecular weight is 542 g/mol. The second-order valence-electron chi connectivity index (χ2n) is 9.08. The molecule has 7 N–H and O–H groups in total. The van der Waals surface area contributed by atoms with Gasteiger partial charge in [-0.05, 0) is 26.0 Å². The lowest BCUT2D eigenvalue weighted by molar-refractivity contribution is -0.285. The summed E-state index contributed by atoms with van der Waals surface area (Å²) in [4.78, 5) is 8.93. The molecule has 2 heterocycles. The van der Waals surface area contributed by atoms with E-state index in [1.807, 2.05) is 5.32 Å². The van der Waals surface area contributed by atoms with Gasteiger partial charge < -0.3 is 30.7 Å². The van der Waals surface area contributed by atoms with Crippen molar-refractivity contribution >= 4 is 15.7 Å². The lowest BCUT2D eigenvalue weighted by Crippen LogP contribution is -2.54. The third kappa shape index (κ3) is 5.72. The first-order valence-corrected chi connectivity index (χ1v) is 13.0. The van der Waals surface area contributed by atoms with Crippen molar-refractivity contribution in [2.24, 2.45) is 0 Å². The summed E-state index contributed by atoms with van der Waals surface area (Å²) in [7, 11) is -3.41. The molecule has 0 spiro atoms. The van der Waals surface area contributed by atoms with Crippen LogP contribution in [0.3, 0.4) is 0 Å². The minimum absolute atomic E-state index is 0.0469. The zero-order valence-electron chi connectivity index (χ0n) is 20.7. The number of rotatable bonds is 8. The van der Waals surface area contributed by atoms with E-state index in [9.17, 15) is 28.8 Å². The number of hydrogen-bond acceptors (Lipinski definition) is 12. The van der Waals surface area contributed by atoms with Crippen LogP contribution in [0.25, 0.3) is 34.0 Å². The van der Waals surface area contributed by atoms with Gasteiger partial charge in [0.05, 0.1) is 22.0 Å². The van der Waals surface area contributed by atoms with Crippen molar-refractivity contribution in [3.63, 3.8) is 0 Å². The van der Waals surface area contributed by atoms with Crippen LogP contribution in [0.15, 0.2) is 70.2 Å². The summed E-state index contributed by atoms with van der Waals surface area (Å²) in [5.74, 6) is -4.90. The Morgan fingerprint density at radius 3 is 2.11 bits per heavy atom. The van der Waals surface area contributed by atoms with Crippen LogP contribution < -0.4 is 11.1 Å². The highest BCUT2D eigenvalue weighted by molar-refractivity contribution is 7.92. The summed E-state index contributed by atoms with van der Waals surface area (Å²) >= 11 is 0. The van der Waals surface area contributed by atoms with Gasteiger partial charge in [-0.15, -0.1) is 0 Å². The van der Waals surface area contributed by atoms with Crippen molar-refractivity contribution < 1.29 is 33.4 Å². The van der Waals surface area contributed by atoms with Gasteiger partial charge in [0.15, 0.2) is 27.1 Å². The van der Waals surface area contributed by atoms with Crippen molar-refractivity contribution in [1.82, 2.24) is 20.4 Å². The Morgan fingerprint density at radius 2 is 1.53 bits per heavy atom. The highest BCUT2D eigenvalue weighted by atomic mass is 32.2. The Morgan fingerprint density at radius 1 is 0.947 bits per heavy atom. The summed E-state index contributed by atoms with van der Waals surface area (Å²) < 4.78 is 30.2. The normalized spacial score (nSPS) is 12.7. The van der Waals surface area contributed by atoms with E-state index in [4.69, 9.17) is 10.3 Å². The minimum Gasteiger partial charge on any atom is -0.382 e. The van der Waals surface area contributed by atoms with Gasteiger partial charge in [0.1, 0.15) is 5.69 Å². The highest BCUT2D eigenvalue weighted by Gasteiger charge is 2.33. The molecule has 0 bridgehead atoms. The van der Waals surface area contributed by atoms with Gasteiger partial charge in [0.2, 0.25) is 5.91 Å². The number of aromatic nitrogens is 3. The van der Waals surface area contributed by atoms with E-state index < -0.39 is 26.9 Å². The topological polar surface area (TPSA) is 205 Å². The van der Waals surface area contributed by atoms with Gasteiger partial charge >= 0.3 is 0 Å². The molecule has 38 heavy (non-hydrogen) atoms. The van der Waals surface area contributed by atoms with Crippen LogP contribution in [-0.2, 0) is 15.7 Å². The lowest BCUT2D eigenvalue weighted by atomic mass is 10.1. The van der Waals surface area contributed by atoms with Crippen molar-refractivity contribution in [2.45, 2.75) is 42.7 Å². The smallest absolute Gasteiger partial charge is 0.254 e. The Labute approximate surface area is 218 Å². The van der Waals surface area contributed by atoms with Crippen LogP contribution in [0, 0.1) is 0 Å². The van der Waals surface area contributed by atoms with Crippen molar-refractivity contribution in [2.75, 3.05) is 5.73 Å². The molecule has 4 aromatic rings. The monoisotopic (exact) mass is 541 g/mol. The van der Waals surface area contributed by atoms with Crippen molar-refractivity contribution in [3.8, 4) is 34.0 Å². The maximum atomic E-state index is 12.4. The molecule has 12 nitrogen and oxygen atoms in total. The predicted molar refractivity (Wildman–Crippen MR) is 137 cm³/mol. The van der Waals surface area contributed by atoms with E-state index in [1.165, 1.54) is 42.6 Å². The van der Waals surface area contributed by atoms with Gasteiger partial charge in [-0.25, -0.2) is 23.7 Å². The Bertz CT molecular complexity index is 1540. The Hall–Kier alpha value is -3.72. The standard InChI is InChI=1S/C25H27N5O7S/c1-14(2)38(35,36)18-10-6-16(7-11-18)20-13-27-23(26)22(28-20)21-12-19(29-37-21)15-4-8-17(9-5-15)25(33,34)30-24(3,31)32/h4-14,30-34H,1-3H3,(H2,26,27). The Kier molecular flexibility index (Phi) is 7.09. The molecule has 0 saturated carbocycles. The van der Waals surface area contributed by atoms with E-state index in [-0.39, 0.29) is 27.7 Å². The van der Waals surface area contributed by atoms with Crippen LogP contribution in [0.5, 0.6) is 0 Å². The summed E-state index contributed by atoms with van der Waals surface area (Å²) in [5.41, 5.74) is 8.24. The number of nitrogens with two attached hydrogens (primary N) is 1. The number of aliphatic hydroxyl groups is 4. The molecular weight excluding hydrogens is 514 g/mol. The van der Waals surface area contributed by atoms with Crippen molar-refractivity contribution in [1.29, 1.82) is 0 Å². The zero-order chi connectivity index (χ0) is 27.9. The van der Waals surface area contributed by atoms with E-state index in [2.05, 4.69) is 15.1 Å². The first-order chi connectivity index (χ1) is 17.7. The number of anilines is 1. The third-order valence-electron chi connectivity index (χ3n) is 5.64. The van der Waals surface area contributed by atoms with Crippen LogP contribution in [0.1, 0.15) is 26.3 Å². The number of nitrogen functional groups attached to an aromatic ring is 1. The number of benzene rings is 2. The molecule has 0 atom stereocenters. The second kappa shape index (κ2) is 9.87. The van der Waals surface area contributed by atoms with Gasteiger partial charge in [-0.3, -0.25) is 0 Å². The molecule has 0 aliphatic rings. The van der Waals surface area contributed by atoms with Crippen LogP contribution in [0.2, 0.25) is 0 Å². The van der Waals surface area contributed by atoms with Crippen LogP contribution in [0.4, 0.5) is 5.82 Å². The summed E-state index contributed by atoms with van der Waals surface area (Å²) in [6.07, 6.45) is 1.47. The highest BCUT2D eigenvalue weighted by Crippen LogP contribution is 2.31. The molecule has 13 heteroatoms. The molecule has 2 aromatic carbocycles. The van der Waals surface area contributed by atoms with Crippen molar-refractivity contribution in [3.05, 3.63) is 66.4 Å². The number of sulfone groups is 1. The zero-order valence-corrected chi connectivity index (χ0v) is 21.5. The Balaban J connectivity index is 1.60. The average Bonchev–Trinajstić information content (AvgIpc) is 3.33. The largest absolute Gasteiger partial charge is 0.382 e. The quantitative estimate of drug-likeness (QED) is 0.176. The molecule has 0 fully saturated rings. The fourth-order valence-electron chi connectivity index (χ4n) is 3.60. The molecule has 200 valence electrons. The summed E-state index contributed by atoms with van der Waals surface area (Å²) in [6, 6.07) is 13.7. The lowest BCUT2D eigenvalue weighted by Gasteiger charge is -2.29. The molecule has 0 aliphatic heterocycles. The minimum atomic E-state index is -3.41. The fraction of sp³-hybridized carbons (Fsp3) is 0.240. The number of hydrogen-bond donors (Lipinski definition) is 6. The van der Waals surface area contributed by atoms with Gasteiger partial charge in [0.25, 0.3) is 5.91 Å². The number of nitrogens with one attached hydrogen (secondary N) is 1. The van der Waals surface area contributed by atoms with E-state index in [0.29, 0.717) is 22.5 Å². The summed E-state index contributed by atoms with van der Waals surface area (Å²) in [6.45, 7) is 4.18. The van der Waals surface area contributed by atoms with Gasteiger partial charge in [-0.2, -0.15) is 0 Å². The van der Waals surface area contributed by atoms with E-state index >= 15 is 0 Å². The molecule has 0 aliphatic carbocycles. The summed E-state index contributed by atoms with van der Waals surface area (Å²) in [5, 5.41) is 44.3. The maximum Gasteiger partial charge on any atom is 0.254 e. The van der Waals surface area contributed by atoms with Gasteiger partial charge in [0, 0.05) is 29.7 Å². The first-order valence-electron chi connectivity index (χ1n) is 11.4. The molecule has 2 aromatic heterocycles. The molecule has 0 saturated heterocycles. The van der Waals surface area contributed by atoms with E-state index in [0.717, 1.165) is 6.92 Å². The SMILES string of the molecule is CC(C)S(=O)(=O)c1ccc(-c2cnc(N)c(-c3cc(-c4ccc(C(O)(O)NC(C)(O)O)cc4)no3)n2)cc1. The molecular formula is C25H27N5O7S. The van der Waals surface area contributed by atoms with Crippen LogP contribution in [-0.4, -0.2) is 55.1 Å². The van der Waals surface area contributed by atoms with Gasteiger partial charge in [-0.1, -0.05) is 41.6 Å². The number of nitrogens with zero attached hydrogens (tertiary/aromatic N) is 3. The molecule has 0 unspecified atom stereocenters. The maximum absolute atomic E-state index is 12.4. The molecule has 4 rings (SSSR count). The molecule has 0 amide bonds. The first kappa shape index (κ1) is 27.3. The predicted octanol–water partition coefficient (Wildman–Crippen LogP) is 1.57. The third-order valence-corrected chi connectivity index (χ3v) is 7.81. The molecule has 0 radical (unpaired) electrons. The van der Waals surface area contributed by atoms with E-state index in [1.54, 1.807) is 32.0 Å². The fourth-order valence-corrected chi connectivity index (χ4v) is 4.66.